The van der Waals surface area contributed by atoms with Gasteiger partial charge in [0.05, 0.1) is 11.8 Å². The molecule has 1 aromatic carbocycles. The maximum atomic E-state index is 12.1. The van der Waals surface area contributed by atoms with Crippen molar-refractivity contribution in [1.82, 2.24) is 10.3 Å². The van der Waals surface area contributed by atoms with Gasteiger partial charge in [-0.2, -0.15) is 8.78 Å². The maximum absolute atomic E-state index is 12.1. The largest absolute Gasteiger partial charge is 0.435 e. The standard InChI is InChI=1S/C16H18F2N2O2/c1-11(14-4-2-3-9-19-14)20-10-15(21)12-5-7-13(8-6-12)22-16(17)18/h2-9,11,15-16,20-21H,10H2,1H3. The molecule has 22 heavy (non-hydrogen) atoms. The van der Waals surface area contributed by atoms with E-state index in [1.807, 2.05) is 25.1 Å². The predicted octanol–water partition coefficient (Wildman–Crippen LogP) is 3.07. The van der Waals surface area contributed by atoms with Gasteiger partial charge in [-0.3, -0.25) is 4.98 Å². The third-order valence-corrected chi connectivity index (χ3v) is 3.24. The van der Waals surface area contributed by atoms with E-state index in [2.05, 4.69) is 15.0 Å². The van der Waals surface area contributed by atoms with Crippen LogP contribution in [0.5, 0.6) is 5.75 Å². The molecule has 4 nitrogen and oxygen atoms in total. The van der Waals surface area contributed by atoms with Crippen LogP contribution in [0.4, 0.5) is 8.78 Å². The summed E-state index contributed by atoms with van der Waals surface area (Å²) >= 11 is 0. The van der Waals surface area contributed by atoms with Gasteiger partial charge in [-0.05, 0) is 36.8 Å². The Kier molecular flexibility index (Phi) is 5.80. The minimum Gasteiger partial charge on any atom is -0.435 e. The van der Waals surface area contributed by atoms with Crippen LogP contribution in [0.2, 0.25) is 0 Å². The number of halogens is 2. The number of rotatable bonds is 7. The maximum Gasteiger partial charge on any atom is 0.387 e. The molecule has 0 aliphatic rings. The Bertz CT molecular complexity index is 564. The molecule has 118 valence electrons. The predicted molar refractivity (Wildman–Crippen MR) is 78.7 cm³/mol. The summed E-state index contributed by atoms with van der Waals surface area (Å²) in [7, 11) is 0. The third kappa shape index (κ3) is 4.75. The summed E-state index contributed by atoms with van der Waals surface area (Å²) in [5.74, 6) is 0.0702. The number of aliphatic hydroxyl groups excluding tert-OH is 1. The lowest BCUT2D eigenvalue weighted by molar-refractivity contribution is -0.0498. The first kappa shape index (κ1) is 16.3. The van der Waals surface area contributed by atoms with Gasteiger partial charge in [-0.15, -0.1) is 0 Å². The van der Waals surface area contributed by atoms with E-state index in [4.69, 9.17) is 0 Å². The molecule has 0 aliphatic heterocycles. The number of aliphatic hydroxyl groups is 1. The van der Waals surface area contributed by atoms with E-state index < -0.39 is 12.7 Å². The normalized spacial score (nSPS) is 13.9. The van der Waals surface area contributed by atoms with E-state index in [1.165, 1.54) is 12.1 Å². The zero-order chi connectivity index (χ0) is 15.9. The second kappa shape index (κ2) is 7.82. The number of benzene rings is 1. The van der Waals surface area contributed by atoms with E-state index in [0.717, 1.165) is 5.69 Å². The Labute approximate surface area is 127 Å². The van der Waals surface area contributed by atoms with Gasteiger partial charge >= 0.3 is 6.61 Å². The van der Waals surface area contributed by atoms with Gasteiger partial charge in [0.15, 0.2) is 0 Å². The van der Waals surface area contributed by atoms with Crippen molar-refractivity contribution in [2.75, 3.05) is 6.54 Å². The molecule has 0 amide bonds. The number of nitrogens with one attached hydrogen (secondary N) is 1. The van der Waals surface area contributed by atoms with Crippen LogP contribution in [0.15, 0.2) is 48.7 Å². The lowest BCUT2D eigenvalue weighted by atomic mass is 10.1. The van der Waals surface area contributed by atoms with Crippen molar-refractivity contribution in [1.29, 1.82) is 0 Å². The van der Waals surface area contributed by atoms with Gasteiger partial charge < -0.3 is 15.2 Å². The van der Waals surface area contributed by atoms with Gasteiger partial charge in [0, 0.05) is 18.8 Å². The first-order valence-corrected chi connectivity index (χ1v) is 6.93. The highest BCUT2D eigenvalue weighted by atomic mass is 19.3. The second-order valence-corrected chi connectivity index (χ2v) is 4.85. The number of aromatic nitrogens is 1. The van der Waals surface area contributed by atoms with Gasteiger partial charge in [-0.1, -0.05) is 18.2 Å². The molecule has 1 heterocycles. The van der Waals surface area contributed by atoms with E-state index in [9.17, 15) is 13.9 Å². The van der Waals surface area contributed by atoms with Crippen molar-refractivity contribution in [3.63, 3.8) is 0 Å². The fraction of sp³-hybridized carbons (Fsp3) is 0.312. The number of pyridine rings is 1. The topological polar surface area (TPSA) is 54.4 Å². The molecule has 0 saturated heterocycles. The molecule has 1 aromatic heterocycles. The van der Waals surface area contributed by atoms with Crippen LogP contribution in [0.25, 0.3) is 0 Å². The van der Waals surface area contributed by atoms with Crippen LogP contribution in [0, 0.1) is 0 Å². The molecular weight excluding hydrogens is 290 g/mol. The smallest absolute Gasteiger partial charge is 0.387 e. The molecule has 2 unspecified atom stereocenters. The fourth-order valence-corrected chi connectivity index (χ4v) is 2.01. The molecule has 0 saturated carbocycles. The van der Waals surface area contributed by atoms with Crippen LogP contribution >= 0.6 is 0 Å². The van der Waals surface area contributed by atoms with Gasteiger partial charge in [0.2, 0.25) is 0 Å². The van der Waals surface area contributed by atoms with Gasteiger partial charge in [0.1, 0.15) is 5.75 Å². The Balaban J connectivity index is 1.88. The molecule has 0 radical (unpaired) electrons. The average molecular weight is 308 g/mol. The van der Waals surface area contributed by atoms with Crippen molar-refractivity contribution < 1.29 is 18.6 Å². The lowest BCUT2D eigenvalue weighted by Crippen LogP contribution is -2.25. The number of alkyl halides is 2. The van der Waals surface area contributed by atoms with Crippen molar-refractivity contribution >= 4 is 0 Å². The average Bonchev–Trinajstić information content (AvgIpc) is 2.53. The van der Waals surface area contributed by atoms with E-state index in [-0.39, 0.29) is 11.8 Å². The van der Waals surface area contributed by atoms with Crippen molar-refractivity contribution in [3.05, 3.63) is 59.9 Å². The summed E-state index contributed by atoms with van der Waals surface area (Å²) in [6.07, 6.45) is 0.970. The first-order chi connectivity index (χ1) is 10.6. The number of nitrogens with zero attached hydrogens (tertiary/aromatic N) is 1. The summed E-state index contributed by atoms with van der Waals surface area (Å²) in [6, 6.07) is 11.6. The quantitative estimate of drug-likeness (QED) is 0.825. The summed E-state index contributed by atoms with van der Waals surface area (Å²) < 4.78 is 28.4. The zero-order valence-corrected chi connectivity index (χ0v) is 12.1. The third-order valence-electron chi connectivity index (χ3n) is 3.24. The van der Waals surface area contributed by atoms with Crippen LogP contribution < -0.4 is 10.1 Å². The summed E-state index contributed by atoms with van der Waals surface area (Å²) in [5, 5.41) is 13.3. The number of ether oxygens (including phenoxy) is 1. The Morgan fingerprint density at radius 2 is 1.91 bits per heavy atom. The molecule has 2 rings (SSSR count). The summed E-state index contributed by atoms with van der Waals surface area (Å²) in [4.78, 5) is 4.24. The van der Waals surface area contributed by atoms with Gasteiger partial charge in [-0.25, -0.2) is 0 Å². The monoisotopic (exact) mass is 308 g/mol. The van der Waals surface area contributed by atoms with E-state index in [1.54, 1.807) is 18.3 Å². The molecule has 0 bridgehead atoms. The lowest BCUT2D eigenvalue weighted by Gasteiger charge is -2.17. The van der Waals surface area contributed by atoms with Crippen molar-refractivity contribution in [2.24, 2.45) is 0 Å². The zero-order valence-electron chi connectivity index (χ0n) is 12.1. The SMILES string of the molecule is CC(NCC(O)c1ccc(OC(F)F)cc1)c1ccccn1. The minimum absolute atomic E-state index is 0.00251. The molecule has 0 aliphatic carbocycles. The molecule has 2 N–H and O–H groups in total. The van der Waals surface area contributed by atoms with E-state index >= 15 is 0 Å². The second-order valence-electron chi connectivity index (χ2n) is 4.85. The molecular formula is C16H18F2N2O2. The Hall–Kier alpha value is -2.05. The molecule has 0 spiro atoms. The highest BCUT2D eigenvalue weighted by Gasteiger charge is 2.12. The Morgan fingerprint density at radius 1 is 1.18 bits per heavy atom. The molecule has 6 heteroatoms. The summed E-state index contributed by atoms with van der Waals surface area (Å²) in [6.45, 7) is -0.571. The van der Waals surface area contributed by atoms with Crippen LogP contribution in [-0.2, 0) is 0 Å². The number of hydrogen-bond acceptors (Lipinski definition) is 4. The van der Waals surface area contributed by atoms with Gasteiger partial charge in [0.25, 0.3) is 0 Å². The van der Waals surface area contributed by atoms with Crippen molar-refractivity contribution in [2.45, 2.75) is 25.7 Å². The fourth-order valence-electron chi connectivity index (χ4n) is 2.01. The number of hydrogen-bond donors (Lipinski definition) is 2. The highest BCUT2D eigenvalue weighted by molar-refractivity contribution is 5.28. The minimum atomic E-state index is -2.85. The van der Waals surface area contributed by atoms with Crippen molar-refractivity contribution in [3.8, 4) is 5.75 Å². The summed E-state index contributed by atoms with van der Waals surface area (Å²) in [5.41, 5.74) is 1.51. The van der Waals surface area contributed by atoms with Crippen LogP contribution in [0.3, 0.4) is 0 Å². The molecule has 2 atom stereocenters. The van der Waals surface area contributed by atoms with E-state index in [0.29, 0.717) is 12.1 Å². The Morgan fingerprint density at radius 3 is 2.50 bits per heavy atom. The highest BCUT2D eigenvalue weighted by Crippen LogP contribution is 2.19. The van der Waals surface area contributed by atoms with Crippen LogP contribution in [0.1, 0.15) is 30.3 Å². The molecule has 2 aromatic rings. The first-order valence-electron chi connectivity index (χ1n) is 6.93. The molecule has 0 fully saturated rings. The van der Waals surface area contributed by atoms with Crippen LogP contribution in [-0.4, -0.2) is 23.2 Å².